The van der Waals surface area contributed by atoms with E-state index in [0.717, 1.165) is 36.5 Å². The van der Waals surface area contributed by atoms with E-state index in [2.05, 4.69) is 10.3 Å². The predicted octanol–water partition coefficient (Wildman–Crippen LogP) is 5.37. The Balaban J connectivity index is 0.00000274. The number of halogens is 3. The number of rotatable bonds is 3. The molecule has 5 rings (SSSR count). The molecule has 176 valence electrons. The highest BCUT2D eigenvalue weighted by atomic mass is 35.5. The van der Waals surface area contributed by atoms with Crippen LogP contribution in [0, 0.1) is 5.82 Å². The van der Waals surface area contributed by atoms with Gasteiger partial charge >= 0.3 is 0 Å². The molecule has 2 aliphatic heterocycles. The summed E-state index contributed by atoms with van der Waals surface area (Å²) in [5.41, 5.74) is 9.27. The average molecular weight is 519 g/mol. The van der Waals surface area contributed by atoms with Gasteiger partial charge in [-0.25, -0.2) is 4.39 Å². The number of carbonyl (C=O) groups is 2. The van der Waals surface area contributed by atoms with Gasteiger partial charge in [0.2, 0.25) is 0 Å². The summed E-state index contributed by atoms with van der Waals surface area (Å²) >= 11 is 7.37. The van der Waals surface area contributed by atoms with Crippen LogP contribution in [-0.4, -0.2) is 35.3 Å². The Morgan fingerprint density at radius 2 is 2.06 bits per heavy atom. The van der Waals surface area contributed by atoms with Crippen molar-refractivity contribution in [2.75, 3.05) is 18.0 Å². The Bertz CT molecular complexity index is 1330. The summed E-state index contributed by atoms with van der Waals surface area (Å²) in [6.45, 7) is 1.40. The molecule has 1 aromatic heterocycles. The van der Waals surface area contributed by atoms with Gasteiger partial charge in [-0.05, 0) is 66.1 Å². The molecule has 3 aromatic rings. The number of carbonyl (C=O) groups excluding carboxylic acids is 2. The molecule has 3 N–H and O–H groups in total. The quantitative estimate of drug-likeness (QED) is 0.453. The van der Waals surface area contributed by atoms with Crippen LogP contribution in [0.3, 0.4) is 0 Å². The summed E-state index contributed by atoms with van der Waals surface area (Å²) in [6.07, 6.45) is 5.06. The lowest BCUT2D eigenvalue weighted by Gasteiger charge is -2.33. The molecule has 0 spiro atoms. The molecule has 34 heavy (non-hydrogen) atoms. The van der Waals surface area contributed by atoms with Crippen LogP contribution < -0.4 is 16.0 Å². The summed E-state index contributed by atoms with van der Waals surface area (Å²) in [4.78, 5) is 30.0. The van der Waals surface area contributed by atoms with Crippen molar-refractivity contribution in [3.63, 3.8) is 0 Å². The summed E-state index contributed by atoms with van der Waals surface area (Å²) < 4.78 is 15.2. The molecule has 6 nitrogen and oxygen atoms in total. The fourth-order valence-corrected chi connectivity index (χ4v) is 5.23. The molecule has 1 atom stereocenters. The van der Waals surface area contributed by atoms with Crippen LogP contribution >= 0.6 is 35.8 Å². The van der Waals surface area contributed by atoms with E-state index in [1.165, 1.54) is 6.07 Å². The topological polar surface area (TPSA) is 88.3 Å². The first-order valence-electron chi connectivity index (χ1n) is 10.5. The number of benzene rings is 2. The van der Waals surface area contributed by atoms with Gasteiger partial charge in [-0.15, -0.1) is 12.4 Å². The zero-order chi connectivity index (χ0) is 23.1. The number of aromatic nitrogens is 1. The molecular weight excluding hydrogens is 498 g/mol. The number of hydrogen-bond acceptors (Lipinski definition) is 6. The van der Waals surface area contributed by atoms with Crippen LogP contribution in [0.1, 0.15) is 18.4 Å². The maximum absolute atomic E-state index is 15.2. The molecule has 2 fully saturated rings. The second kappa shape index (κ2) is 9.92. The van der Waals surface area contributed by atoms with E-state index in [9.17, 15) is 9.59 Å². The standard InChI is InChI=1S/C24H20ClFN4O2S.ClH/c25-17-11-28-19-5-3-13(9-21-23(31)29-24(32)33-21)8-16(19)22(17)14-4-6-20(18(26)10-14)30-7-1-2-15(27)12-30;/h3-6,8-11,15H,1-2,7,12,27H2,(H,29,31,32);1H/t15-;/m1./s1. The number of thioether (sulfide) groups is 1. The normalized spacial score (nSPS) is 19.4. The maximum Gasteiger partial charge on any atom is 0.290 e. The molecule has 0 aliphatic carbocycles. The minimum atomic E-state index is -0.426. The van der Waals surface area contributed by atoms with Crippen LogP contribution in [0.4, 0.5) is 14.9 Å². The fourth-order valence-electron chi connectivity index (χ4n) is 4.29. The number of amides is 2. The third-order valence-corrected chi connectivity index (χ3v) is 6.92. The fraction of sp³-hybridized carbons (Fsp3) is 0.208. The third kappa shape index (κ3) is 4.77. The minimum absolute atomic E-state index is 0. The van der Waals surface area contributed by atoms with E-state index >= 15 is 4.39 Å². The summed E-state index contributed by atoms with van der Waals surface area (Å²) in [5.74, 6) is -0.761. The summed E-state index contributed by atoms with van der Waals surface area (Å²) in [6, 6.07) is 10.6. The van der Waals surface area contributed by atoms with Gasteiger partial charge in [-0.3, -0.25) is 19.9 Å². The van der Waals surface area contributed by atoms with Crippen LogP contribution in [0.5, 0.6) is 0 Å². The maximum atomic E-state index is 15.2. The Morgan fingerprint density at radius 1 is 1.24 bits per heavy atom. The van der Waals surface area contributed by atoms with Crippen LogP contribution in [0.15, 0.2) is 47.5 Å². The molecule has 0 bridgehead atoms. The molecule has 0 radical (unpaired) electrons. The van der Waals surface area contributed by atoms with Gasteiger partial charge in [-0.2, -0.15) is 0 Å². The van der Waals surface area contributed by atoms with Crippen molar-refractivity contribution in [2.24, 2.45) is 5.73 Å². The number of pyridine rings is 1. The smallest absolute Gasteiger partial charge is 0.290 e. The molecule has 2 saturated heterocycles. The van der Waals surface area contributed by atoms with Gasteiger partial charge in [0.25, 0.3) is 11.1 Å². The highest BCUT2D eigenvalue weighted by Gasteiger charge is 2.25. The SMILES string of the molecule is Cl.N[C@@H]1CCCN(c2ccc(-c3c(Cl)cnc4ccc(C=C5SC(=O)NC5=O)cc34)cc2F)C1. The molecule has 0 unspecified atom stereocenters. The van der Waals surface area contributed by atoms with Crippen molar-refractivity contribution in [2.45, 2.75) is 18.9 Å². The van der Waals surface area contributed by atoms with Gasteiger partial charge in [-0.1, -0.05) is 23.7 Å². The molecule has 0 saturated carbocycles. The first-order valence-corrected chi connectivity index (χ1v) is 11.7. The number of nitrogens with zero attached hydrogens (tertiary/aromatic N) is 2. The van der Waals surface area contributed by atoms with E-state index < -0.39 is 11.1 Å². The highest BCUT2D eigenvalue weighted by Crippen LogP contribution is 2.37. The minimum Gasteiger partial charge on any atom is -0.368 e. The van der Waals surface area contributed by atoms with Crippen molar-refractivity contribution in [3.05, 3.63) is 63.9 Å². The molecule has 2 amide bonds. The zero-order valence-corrected chi connectivity index (χ0v) is 20.3. The van der Waals surface area contributed by atoms with E-state index in [0.29, 0.717) is 44.4 Å². The van der Waals surface area contributed by atoms with Gasteiger partial charge in [0.15, 0.2) is 0 Å². The van der Waals surface area contributed by atoms with Crippen molar-refractivity contribution < 1.29 is 14.0 Å². The van der Waals surface area contributed by atoms with Gasteiger partial charge < -0.3 is 10.6 Å². The van der Waals surface area contributed by atoms with E-state index in [1.54, 1.807) is 30.5 Å². The molecule has 2 aliphatic rings. The molecule has 2 aromatic carbocycles. The number of nitrogens with one attached hydrogen (secondary N) is 1. The summed E-state index contributed by atoms with van der Waals surface area (Å²) in [5, 5.41) is 2.95. The van der Waals surface area contributed by atoms with Crippen LogP contribution in [-0.2, 0) is 4.79 Å². The van der Waals surface area contributed by atoms with Gasteiger partial charge in [0, 0.05) is 36.3 Å². The average Bonchev–Trinajstić information content (AvgIpc) is 3.10. The predicted molar refractivity (Wildman–Crippen MR) is 138 cm³/mol. The Hall–Kier alpha value is -2.65. The number of nitrogens with two attached hydrogens (primary N) is 1. The molecule has 3 heterocycles. The second-order valence-electron chi connectivity index (χ2n) is 8.12. The molecule has 10 heteroatoms. The number of anilines is 1. The number of imide groups is 1. The Morgan fingerprint density at radius 3 is 2.76 bits per heavy atom. The number of fused-ring (bicyclic) bond motifs is 1. The van der Waals surface area contributed by atoms with E-state index in [1.807, 2.05) is 17.0 Å². The Kier molecular flexibility index (Phi) is 7.14. The zero-order valence-electron chi connectivity index (χ0n) is 17.9. The van der Waals surface area contributed by atoms with Crippen LogP contribution in [0.25, 0.3) is 28.1 Å². The largest absolute Gasteiger partial charge is 0.368 e. The van der Waals surface area contributed by atoms with E-state index in [4.69, 9.17) is 17.3 Å². The first-order chi connectivity index (χ1) is 15.9. The summed E-state index contributed by atoms with van der Waals surface area (Å²) in [7, 11) is 0. The van der Waals surface area contributed by atoms with Crippen molar-refractivity contribution in [1.29, 1.82) is 0 Å². The van der Waals surface area contributed by atoms with Crippen molar-refractivity contribution >= 4 is 69.6 Å². The lowest BCUT2D eigenvalue weighted by Crippen LogP contribution is -2.43. The first kappa shape index (κ1) is 24.5. The van der Waals surface area contributed by atoms with Gasteiger partial charge in [0.05, 0.1) is 21.1 Å². The van der Waals surface area contributed by atoms with Crippen molar-refractivity contribution in [1.82, 2.24) is 10.3 Å². The monoisotopic (exact) mass is 518 g/mol. The number of piperidine rings is 1. The lowest BCUT2D eigenvalue weighted by atomic mass is 9.98. The second-order valence-corrected chi connectivity index (χ2v) is 9.55. The van der Waals surface area contributed by atoms with Crippen LogP contribution in [0.2, 0.25) is 5.02 Å². The van der Waals surface area contributed by atoms with E-state index in [-0.39, 0.29) is 24.3 Å². The third-order valence-electron chi connectivity index (χ3n) is 5.82. The van der Waals surface area contributed by atoms with Crippen molar-refractivity contribution in [3.8, 4) is 11.1 Å². The highest BCUT2D eigenvalue weighted by molar-refractivity contribution is 8.18. The van der Waals surface area contributed by atoms with Gasteiger partial charge in [0.1, 0.15) is 5.82 Å². The lowest BCUT2D eigenvalue weighted by molar-refractivity contribution is -0.115. The Labute approximate surface area is 211 Å². The number of hydrogen-bond donors (Lipinski definition) is 2. The molecular formula is C24H21Cl2FN4O2S.